The van der Waals surface area contributed by atoms with E-state index in [4.69, 9.17) is 28.6 Å². The van der Waals surface area contributed by atoms with Gasteiger partial charge in [0.15, 0.2) is 5.11 Å². The molecular weight excluding hydrogens is 344 g/mol. The van der Waals surface area contributed by atoms with Crippen LogP contribution in [0.3, 0.4) is 0 Å². The maximum Gasteiger partial charge on any atom is 0.187 e. The van der Waals surface area contributed by atoms with Gasteiger partial charge in [-0.15, -0.1) is 0 Å². The van der Waals surface area contributed by atoms with Crippen molar-refractivity contribution in [1.82, 2.24) is 15.3 Å². The highest BCUT2D eigenvalue weighted by atomic mass is 35.5. The maximum atomic E-state index is 5.96. The summed E-state index contributed by atoms with van der Waals surface area (Å²) in [6.07, 6.45) is 1.76. The second kappa shape index (κ2) is 8.82. The predicted octanol–water partition coefficient (Wildman–Crippen LogP) is 3.19. The SMILES string of the molecule is COCCNC(=S)N/N=C/c1cc(C)n(-c2ccc(Cl)cc2)c1C. The van der Waals surface area contributed by atoms with Crippen molar-refractivity contribution < 1.29 is 4.74 Å². The van der Waals surface area contributed by atoms with Crippen molar-refractivity contribution in [1.29, 1.82) is 0 Å². The van der Waals surface area contributed by atoms with Gasteiger partial charge in [-0.05, 0) is 56.4 Å². The molecule has 0 fully saturated rings. The molecule has 2 N–H and O–H groups in total. The number of nitrogens with one attached hydrogen (secondary N) is 2. The van der Waals surface area contributed by atoms with E-state index in [0.29, 0.717) is 18.3 Å². The number of aromatic nitrogens is 1. The molecule has 0 bridgehead atoms. The van der Waals surface area contributed by atoms with E-state index in [-0.39, 0.29) is 0 Å². The van der Waals surface area contributed by atoms with Crippen molar-refractivity contribution in [3.8, 4) is 5.69 Å². The molecule has 0 amide bonds. The van der Waals surface area contributed by atoms with E-state index in [1.165, 1.54) is 0 Å². The van der Waals surface area contributed by atoms with E-state index in [1.807, 2.05) is 24.3 Å². The van der Waals surface area contributed by atoms with Gasteiger partial charge in [-0.3, -0.25) is 5.43 Å². The quantitative estimate of drug-likeness (QED) is 0.358. The fraction of sp³-hybridized carbons (Fsp3) is 0.294. The molecule has 0 unspecified atom stereocenters. The Morgan fingerprint density at radius 2 is 2.04 bits per heavy atom. The number of methoxy groups -OCH3 is 1. The molecule has 0 radical (unpaired) electrons. The van der Waals surface area contributed by atoms with Crippen molar-refractivity contribution in [3.63, 3.8) is 0 Å². The van der Waals surface area contributed by atoms with Gasteiger partial charge in [0.1, 0.15) is 0 Å². The average molecular weight is 365 g/mol. The highest BCUT2D eigenvalue weighted by Gasteiger charge is 2.09. The van der Waals surface area contributed by atoms with Gasteiger partial charge in [0.05, 0.1) is 12.8 Å². The van der Waals surface area contributed by atoms with Gasteiger partial charge in [0, 0.05) is 41.3 Å². The summed E-state index contributed by atoms with van der Waals surface area (Å²) in [6.45, 7) is 5.35. The molecule has 2 aromatic rings. The first-order valence-corrected chi connectivity index (χ1v) is 8.32. The van der Waals surface area contributed by atoms with E-state index >= 15 is 0 Å². The van der Waals surface area contributed by atoms with Crippen LogP contribution in [0.15, 0.2) is 35.4 Å². The van der Waals surface area contributed by atoms with Gasteiger partial charge in [-0.1, -0.05) is 11.6 Å². The normalized spacial score (nSPS) is 11.0. The first kappa shape index (κ1) is 18.4. The van der Waals surface area contributed by atoms with Crippen LogP contribution >= 0.6 is 23.8 Å². The Morgan fingerprint density at radius 1 is 1.33 bits per heavy atom. The van der Waals surface area contributed by atoms with Crippen LogP contribution < -0.4 is 10.7 Å². The van der Waals surface area contributed by atoms with Crippen molar-refractivity contribution in [3.05, 3.63) is 52.3 Å². The summed E-state index contributed by atoms with van der Waals surface area (Å²) < 4.78 is 7.11. The zero-order valence-electron chi connectivity index (χ0n) is 14.0. The molecule has 1 aromatic heterocycles. The molecule has 2 rings (SSSR count). The highest BCUT2D eigenvalue weighted by molar-refractivity contribution is 7.80. The Balaban J connectivity index is 2.07. The fourth-order valence-electron chi connectivity index (χ4n) is 2.37. The molecule has 7 heteroatoms. The molecule has 5 nitrogen and oxygen atoms in total. The van der Waals surface area contributed by atoms with E-state index in [9.17, 15) is 0 Å². The number of nitrogens with zero attached hydrogens (tertiary/aromatic N) is 2. The lowest BCUT2D eigenvalue weighted by Crippen LogP contribution is -2.34. The van der Waals surface area contributed by atoms with E-state index in [2.05, 4.69) is 40.3 Å². The molecular formula is C17H21ClN4OS. The molecule has 24 heavy (non-hydrogen) atoms. The van der Waals surface area contributed by atoms with Crippen LogP contribution in [-0.4, -0.2) is 36.2 Å². The summed E-state index contributed by atoms with van der Waals surface area (Å²) in [6, 6.07) is 9.84. The smallest absolute Gasteiger partial charge is 0.187 e. The first-order valence-electron chi connectivity index (χ1n) is 7.53. The lowest BCUT2D eigenvalue weighted by Gasteiger charge is -2.09. The minimum absolute atomic E-state index is 0.467. The number of aryl methyl sites for hydroxylation is 1. The Bertz CT molecular complexity index is 725. The Kier molecular flexibility index (Phi) is 6.78. The van der Waals surface area contributed by atoms with Gasteiger partial charge in [-0.2, -0.15) is 5.10 Å². The first-order chi connectivity index (χ1) is 11.5. The lowest BCUT2D eigenvalue weighted by molar-refractivity contribution is 0.204. The Labute approximate surface area is 152 Å². The molecule has 0 aliphatic carbocycles. The largest absolute Gasteiger partial charge is 0.383 e. The summed E-state index contributed by atoms with van der Waals surface area (Å²) >= 11 is 11.1. The van der Waals surface area contributed by atoms with Gasteiger partial charge in [-0.25, -0.2) is 0 Å². The highest BCUT2D eigenvalue weighted by Crippen LogP contribution is 2.21. The second-order valence-electron chi connectivity index (χ2n) is 5.26. The number of rotatable bonds is 6. The molecule has 0 saturated heterocycles. The second-order valence-corrected chi connectivity index (χ2v) is 6.10. The minimum atomic E-state index is 0.467. The molecule has 0 aliphatic rings. The van der Waals surface area contributed by atoms with E-state index < -0.39 is 0 Å². The van der Waals surface area contributed by atoms with Crippen LogP contribution in [0.25, 0.3) is 5.69 Å². The standard InChI is InChI=1S/C17H21ClN4OS/c1-12-10-14(11-20-21-17(24)19-8-9-23-3)13(2)22(12)16-6-4-15(18)5-7-16/h4-7,10-11H,8-9H2,1-3H3,(H2,19,21,24)/b20-11+. The number of hydrazone groups is 1. The zero-order chi connectivity index (χ0) is 17.5. The summed E-state index contributed by atoms with van der Waals surface area (Å²) in [5.41, 5.74) is 7.11. The van der Waals surface area contributed by atoms with Crippen molar-refractivity contribution in [2.75, 3.05) is 20.3 Å². The van der Waals surface area contributed by atoms with Crippen LogP contribution in [0.2, 0.25) is 5.02 Å². The Hall–Kier alpha value is -1.89. The van der Waals surface area contributed by atoms with Crippen LogP contribution in [0.5, 0.6) is 0 Å². The number of ether oxygens (including phenoxy) is 1. The monoisotopic (exact) mass is 364 g/mol. The third kappa shape index (κ3) is 4.80. The van der Waals surface area contributed by atoms with Crippen LogP contribution in [0, 0.1) is 13.8 Å². The molecule has 0 spiro atoms. The van der Waals surface area contributed by atoms with Gasteiger partial charge >= 0.3 is 0 Å². The summed E-state index contributed by atoms with van der Waals surface area (Å²) in [5, 5.41) is 8.38. The van der Waals surface area contributed by atoms with E-state index in [0.717, 1.165) is 27.7 Å². The molecule has 0 atom stereocenters. The minimum Gasteiger partial charge on any atom is -0.383 e. The third-order valence-electron chi connectivity index (χ3n) is 3.52. The Morgan fingerprint density at radius 3 is 2.71 bits per heavy atom. The van der Waals surface area contributed by atoms with Gasteiger partial charge < -0.3 is 14.6 Å². The fourth-order valence-corrected chi connectivity index (χ4v) is 2.65. The van der Waals surface area contributed by atoms with Gasteiger partial charge in [0.2, 0.25) is 0 Å². The molecule has 0 saturated carbocycles. The van der Waals surface area contributed by atoms with E-state index in [1.54, 1.807) is 13.3 Å². The van der Waals surface area contributed by atoms with Crippen LogP contribution in [0.4, 0.5) is 0 Å². The maximum absolute atomic E-state index is 5.96. The number of thiocarbonyl (C=S) groups is 1. The number of halogens is 1. The van der Waals surface area contributed by atoms with Crippen molar-refractivity contribution in [2.45, 2.75) is 13.8 Å². The van der Waals surface area contributed by atoms with Crippen molar-refractivity contribution in [2.24, 2.45) is 5.10 Å². The molecule has 1 aromatic carbocycles. The van der Waals surface area contributed by atoms with Crippen LogP contribution in [0.1, 0.15) is 17.0 Å². The number of hydrogen-bond donors (Lipinski definition) is 2. The van der Waals surface area contributed by atoms with Crippen molar-refractivity contribution >= 4 is 35.1 Å². The summed E-state index contributed by atoms with van der Waals surface area (Å²) in [5.74, 6) is 0. The number of benzene rings is 1. The molecule has 0 aliphatic heterocycles. The van der Waals surface area contributed by atoms with Crippen LogP contribution in [-0.2, 0) is 4.74 Å². The average Bonchev–Trinajstić information content (AvgIpc) is 2.83. The summed E-state index contributed by atoms with van der Waals surface area (Å²) in [7, 11) is 1.65. The topological polar surface area (TPSA) is 50.6 Å². The molecule has 1 heterocycles. The lowest BCUT2D eigenvalue weighted by atomic mass is 10.2. The van der Waals surface area contributed by atoms with Gasteiger partial charge in [0.25, 0.3) is 0 Å². The summed E-state index contributed by atoms with van der Waals surface area (Å²) in [4.78, 5) is 0. The molecule has 128 valence electrons. The predicted molar refractivity (Wildman–Crippen MR) is 103 cm³/mol. The third-order valence-corrected chi connectivity index (χ3v) is 4.00. The zero-order valence-corrected chi connectivity index (χ0v) is 15.5. The number of hydrogen-bond acceptors (Lipinski definition) is 3.